The molecule has 2 aromatic carbocycles. The van der Waals surface area contributed by atoms with E-state index in [1.807, 2.05) is 6.07 Å². The number of rotatable bonds is 6. The Morgan fingerprint density at radius 1 is 1.07 bits per heavy atom. The molecular weight excluding hydrogens is 352 g/mol. The lowest BCUT2D eigenvalue weighted by Crippen LogP contribution is -2.27. The monoisotopic (exact) mass is 370 g/mol. The fourth-order valence-electron chi connectivity index (χ4n) is 2.57. The molecule has 0 fully saturated rings. The highest BCUT2D eigenvalue weighted by Gasteiger charge is 2.20. The van der Waals surface area contributed by atoms with Crippen molar-refractivity contribution in [1.29, 1.82) is 0 Å². The normalized spacial score (nSPS) is 10.5. The minimum absolute atomic E-state index is 0.0312. The second-order valence-electron chi connectivity index (χ2n) is 5.51. The van der Waals surface area contributed by atoms with E-state index >= 15 is 0 Å². The minimum Gasteiger partial charge on any atom is -0.493 e. The Morgan fingerprint density at radius 3 is 2.37 bits per heavy atom. The van der Waals surface area contributed by atoms with Crippen molar-refractivity contribution >= 4 is 28.6 Å². The smallest absolute Gasteiger partial charge is 0.348 e. The van der Waals surface area contributed by atoms with Crippen LogP contribution in [0.1, 0.15) is 0 Å². The molecule has 0 N–H and O–H groups in total. The summed E-state index contributed by atoms with van der Waals surface area (Å²) in [5.41, 5.74) is 0.366. The van der Waals surface area contributed by atoms with Gasteiger partial charge in [-0.05, 0) is 12.1 Å². The number of ether oxygens (including phenoxy) is 3. The average Bonchev–Trinajstić information content (AvgIpc) is 2.71. The summed E-state index contributed by atoms with van der Waals surface area (Å²) in [6.07, 6.45) is 0. The van der Waals surface area contributed by atoms with Crippen molar-refractivity contribution in [3.8, 4) is 11.5 Å². The fourth-order valence-corrected chi connectivity index (χ4v) is 2.57. The van der Waals surface area contributed by atoms with Crippen LogP contribution < -0.4 is 20.0 Å². The molecule has 0 saturated heterocycles. The van der Waals surface area contributed by atoms with E-state index in [2.05, 4.69) is 4.98 Å². The van der Waals surface area contributed by atoms with Gasteiger partial charge in [-0.1, -0.05) is 18.2 Å². The maximum Gasteiger partial charge on any atom is 0.348 e. The Morgan fingerprint density at radius 2 is 1.74 bits per heavy atom. The number of anilines is 2. The zero-order valence-corrected chi connectivity index (χ0v) is 15.1. The number of aromatic nitrogens is 1. The summed E-state index contributed by atoms with van der Waals surface area (Å²) in [5.74, 6) is 0.310. The second-order valence-corrected chi connectivity index (χ2v) is 5.51. The number of hydrogen-bond acceptors (Lipinski definition) is 8. The van der Waals surface area contributed by atoms with Crippen LogP contribution >= 0.6 is 0 Å². The van der Waals surface area contributed by atoms with Crippen molar-refractivity contribution in [2.45, 2.75) is 0 Å². The first-order chi connectivity index (χ1) is 13.1. The molecule has 0 aliphatic carbocycles. The van der Waals surface area contributed by atoms with Crippen LogP contribution in [0.25, 0.3) is 10.9 Å². The van der Waals surface area contributed by atoms with Crippen LogP contribution in [0, 0.1) is 0 Å². The molecule has 0 atom stereocenters. The topological polar surface area (TPSA) is 91.1 Å². The summed E-state index contributed by atoms with van der Waals surface area (Å²) < 4.78 is 20.6. The van der Waals surface area contributed by atoms with Crippen molar-refractivity contribution in [2.75, 3.05) is 32.8 Å². The third kappa shape index (κ3) is 3.69. The highest BCUT2D eigenvalue weighted by molar-refractivity contribution is 5.83. The number of nitrogens with zero attached hydrogens (tertiary/aromatic N) is 2. The largest absolute Gasteiger partial charge is 0.493 e. The molecule has 140 valence electrons. The van der Waals surface area contributed by atoms with Gasteiger partial charge in [-0.3, -0.25) is 9.69 Å². The van der Waals surface area contributed by atoms with Crippen LogP contribution in [0.4, 0.5) is 11.7 Å². The van der Waals surface area contributed by atoms with Gasteiger partial charge in [-0.15, -0.1) is 0 Å². The lowest BCUT2D eigenvalue weighted by atomic mass is 10.2. The van der Waals surface area contributed by atoms with Crippen molar-refractivity contribution in [3.05, 3.63) is 52.9 Å². The molecule has 3 aromatic rings. The highest BCUT2D eigenvalue weighted by Crippen LogP contribution is 2.31. The first kappa shape index (κ1) is 18.2. The number of benzene rings is 2. The van der Waals surface area contributed by atoms with Gasteiger partial charge in [0.1, 0.15) is 6.54 Å². The Labute approximate surface area is 154 Å². The first-order valence-electron chi connectivity index (χ1n) is 8.03. The predicted molar refractivity (Wildman–Crippen MR) is 98.8 cm³/mol. The third-order valence-electron chi connectivity index (χ3n) is 3.94. The Kier molecular flexibility index (Phi) is 5.25. The Hall–Kier alpha value is -3.55. The maximum atomic E-state index is 12.5. The van der Waals surface area contributed by atoms with Gasteiger partial charge >= 0.3 is 17.6 Å². The lowest BCUT2D eigenvalue weighted by Gasteiger charge is -2.20. The number of carbonyl (C=O) groups is 1. The van der Waals surface area contributed by atoms with Crippen molar-refractivity contribution in [3.63, 3.8) is 0 Å². The van der Waals surface area contributed by atoms with Crippen LogP contribution in [-0.2, 0) is 9.53 Å². The van der Waals surface area contributed by atoms with Crippen LogP contribution in [0.2, 0.25) is 0 Å². The van der Waals surface area contributed by atoms with Gasteiger partial charge < -0.3 is 18.6 Å². The van der Waals surface area contributed by atoms with Crippen LogP contribution in [-0.4, -0.2) is 38.8 Å². The summed E-state index contributed by atoms with van der Waals surface area (Å²) in [6.45, 7) is -0.171. The van der Waals surface area contributed by atoms with Crippen molar-refractivity contribution in [2.24, 2.45) is 0 Å². The number of esters is 1. The van der Waals surface area contributed by atoms with Crippen LogP contribution in [0.15, 0.2) is 51.7 Å². The molecule has 1 aromatic heterocycles. The van der Waals surface area contributed by atoms with E-state index < -0.39 is 11.6 Å². The SMILES string of the molecule is COC(=O)CN(c1ccccc1)c1nc2cc(OC)c(OC)cc2c(=O)o1. The molecule has 0 aliphatic rings. The lowest BCUT2D eigenvalue weighted by molar-refractivity contribution is -0.138. The number of carbonyl (C=O) groups excluding carboxylic acids is 1. The molecule has 0 bridgehead atoms. The molecule has 3 rings (SSSR count). The van der Waals surface area contributed by atoms with E-state index in [1.165, 1.54) is 32.3 Å². The fraction of sp³-hybridized carbons (Fsp3) is 0.211. The third-order valence-corrected chi connectivity index (χ3v) is 3.94. The molecule has 0 radical (unpaired) electrons. The van der Waals surface area contributed by atoms with Gasteiger partial charge in [0.15, 0.2) is 11.5 Å². The molecule has 0 aliphatic heterocycles. The summed E-state index contributed by atoms with van der Waals surface area (Å²) in [7, 11) is 4.25. The van der Waals surface area contributed by atoms with Gasteiger partial charge in [0, 0.05) is 17.8 Å². The predicted octanol–water partition coefficient (Wildman–Crippen LogP) is 2.52. The second kappa shape index (κ2) is 7.77. The summed E-state index contributed by atoms with van der Waals surface area (Å²) in [6, 6.07) is 12.0. The van der Waals surface area contributed by atoms with E-state index in [0.717, 1.165) is 0 Å². The minimum atomic E-state index is -0.609. The zero-order chi connectivity index (χ0) is 19.4. The standard InChI is InChI=1S/C19H18N2O6/c1-24-15-9-13-14(10-16(15)25-2)20-19(27-18(13)23)21(11-17(22)26-3)12-7-5-4-6-8-12/h4-10H,11H2,1-3H3. The number of fused-ring (bicyclic) bond motifs is 1. The van der Waals surface area contributed by atoms with Crippen LogP contribution in [0.5, 0.6) is 11.5 Å². The Bertz CT molecular complexity index is 1020. The Balaban J connectivity index is 2.17. The maximum absolute atomic E-state index is 12.5. The summed E-state index contributed by atoms with van der Waals surface area (Å²) in [4.78, 5) is 30.2. The van der Waals surface area contributed by atoms with E-state index in [0.29, 0.717) is 22.7 Å². The average molecular weight is 370 g/mol. The quantitative estimate of drug-likeness (QED) is 0.611. The van der Waals surface area contributed by atoms with E-state index in [-0.39, 0.29) is 17.9 Å². The molecule has 0 amide bonds. The summed E-state index contributed by atoms with van der Waals surface area (Å²) in [5, 5.41) is 0.238. The molecule has 8 nitrogen and oxygen atoms in total. The van der Waals surface area contributed by atoms with Crippen LogP contribution in [0.3, 0.4) is 0 Å². The van der Waals surface area contributed by atoms with Crippen molar-refractivity contribution in [1.82, 2.24) is 4.98 Å². The van der Waals surface area contributed by atoms with Gasteiger partial charge in [-0.2, -0.15) is 4.98 Å². The highest BCUT2D eigenvalue weighted by atomic mass is 16.5. The van der Waals surface area contributed by atoms with Crippen molar-refractivity contribution < 1.29 is 23.4 Å². The molecular formula is C19H18N2O6. The first-order valence-corrected chi connectivity index (χ1v) is 8.03. The summed E-state index contributed by atoms with van der Waals surface area (Å²) >= 11 is 0. The van der Waals surface area contributed by atoms with E-state index in [4.69, 9.17) is 18.6 Å². The zero-order valence-electron chi connectivity index (χ0n) is 15.1. The molecule has 1 heterocycles. The molecule has 0 unspecified atom stereocenters. The van der Waals surface area contributed by atoms with E-state index in [1.54, 1.807) is 30.3 Å². The number of hydrogen-bond donors (Lipinski definition) is 0. The molecule has 8 heteroatoms. The van der Waals surface area contributed by atoms with Gasteiger partial charge in [0.2, 0.25) is 0 Å². The number of methoxy groups -OCH3 is 3. The van der Waals surface area contributed by atoms with Gasteiger partial charge in [0.05, 0.1) is 32.2 Å². The molecule has 0 saturated carbocycles. The van der Waals surface area contributed by atoms with Gasteiger partial charge in [-0.25, -0.2) is 4.79 Å². The number of para-hydroxylation sites is 1. The molecule has 27 heavy (non-hydrogen) atoms. The van der Waals surface area contributed by atoms with E-state index in [9.17, 15) is 9.59 Å². The molecule has 0 spiro atoms. The van der Waals surface area contributed by atoms with Gasteiger partial charge in [0.25, 0.3) is 0 Å².